The van der Waals surface area contributed by atoms with Gasteiger partial charge in [0, 0.05) is 19.6 Å². The summed E-state index contributed by atoms with van der Waals surface area (Å²) in [7, 11) is 1.33. The number of allylic oxidation sites excluding steroid dienone is 1. The van der Waals surface area contributed by atoms with Crippen molar-refractivity contribution in [2.75, 3.05) is 20.2 Å². The Labute approximate surface area is 195 Å². The molecule has 0 radical (unpaired) electrons. The van der Waals surface area contributed by atoms with Gasteiger partial charge in [-0.15, -0.1) is 0 Å². The van der Waals surface area contributed by atoms with E-state index in [-0.39, 0.29) is 17.3 Å². The zero-order chi connectivity index (χ0) is 24.3. The molecule has 1 heterocycles. The number of hydrogen-bond donors (Lipinski definition) is 1. The van der Waals surface area contributed by atoms with Crippen molar-refractivity contribution in [3.05, 3.63) is 63.9 Å². The standard InChI is InChI=1S/C27H33NO5/c1-16(2)13-28(14-17(3)4)15-21-22(29)11-18(5)24-25(30)23(33-26(21)24)12-19-7-9-20(10-8-19)27(31)32-6/h7-12,16-17,29H,13-15H2,1-6H3/b23-12+. The Morgan fingerprint density at radius 1 is 1.12 bits per heavy atom. The van der Waals surface area contributed by atoms with Crippen molar-refractivity contribution < 1.29 is 24.2 Å². The van der Waals surface area contributed by atoms with Gasteiger partial charge in [0.05, 0.1) is 23.8 Å². The van der Waals surface area contributed by atoms with Crippen LogP contribution in [-0.2, 0) is 11.3 Å². The maximum absolute atomic E-state index is 13.2. The Kier molecular flexibility index (Phi) is 7.59. The molecule has 0 aliphatic carbocycles. The fourth-order valence-corrected chi connectivity index (χ4v) is 4.18. The zero-order valence-corrected chi connectivity index (χ0v) is 20.3. The number of fused-ring (bicyclic) bond motifs is 1. The largest absolute Gasteiger partial charge is 0.507 e. The SMILES string of the molecule is COC(=O)c1ccc(/C=C2/Oc3c(CN(CC(C)C)CC(C)C)c(O)cc(C)c3C2=O)cc1. The van der Waals surface area contributed by atoms with Crippen LogP contribution in [0.1, 0.15) is 65.1 Å². The van der Waals surface area contributed by atoms with Crippen LogP contribution >= 0.6 is 0 Å². The van der Waals surface area contributed by atoms with Crippen molar-refractivity contribution in [1.82, 2.24) is 4.90 Å². The number of carbonyl (C=O) groups is 2. The number of rotatable bonds is 8. The molecule has 0 amide bonds. The van der Waals surface area contributed by atoms with Crippen LogP contribution in [-0.4, -0.2) is 42.0 Å². The van der Waals surface area contributed by atoms with Crippen molar-refractivity contribution in [3.8, 4) is 11.5 Å². The number of ether oxygens (including phenoxy) is 2. The summed E-state index contributed by atoms with van der Waals surface area (Å²) < 4.78 is 10.8. The van der Waals surface area contributed by atoms with E-state index in [4.69, 9.17) is 9.47 Å². The van der Waals surface area contributed by atoms with Crippen LogP contribution in [0.2, 0.25) is 0 Å². The molecular weight excluding hydrogens is 418 g/mol. The summed E-state index contributed by atoms with van der Waals surface area (Å²) in [5.41, 5.74) is 2.97. The number of methoxy groups -OCH3 is 1. The number of aromatic hydroxyl groups is 1. The molecular formula is C27H33NO5. The van der Waals surface area contributed by atoms with E-state index in [1.165, 1.54) is 7.11 Å². The summed E-state index contributed by atoms with van der Waals surface area (Å²) in [6, 6.07) is 8.40. The van der Waals surface area contributed by atoms with Gasteiger partial charge >= 0.3 is 5.97 Å². The molecule has 6 nitrogen and oxygen atoms in total. The number of esters is 1. The first kappa shape index (κ1) is 24.5. The number of phenols is 1. The molecule has 176 valence electrons. The first-order valence-electron chi connectivity index (χ1n) is 11.3. The monoisotopic (exact) mass is 451 g/mol. The molecule has 1 aliphatic rings. The fraction of sp³-hybridized carbons (Fsp3) is 0.407. The lowest BCUT2D eigenvalue weighted by Gasteiger charge is -2.27. The van der Waals surface area contributed by atoms with E-state index in [0.717, 1.165) is 18.7 Å². The predicted octanol–water partition coefficient (Wildman–Crippen LogP) is 5.22. The topological polar surface area (TPSA) is 76.1 Å². The van der Waals surface area contributed by atoms with E-state index in [1.807, 2.05) is 0 Å². The van der Waals surface area contributed by atoms with Gasteiger partial charge in [-0.2, -0.15) is 0 Å². The third-order valence-electron chi connectivity index (χ3n) is 5.48. The lowest BCUT2D eigenvalue weighted by Crippen LogP contribution is -2.31. The third-order valence-corrected chi connectivity index (χ3v) is 5.48. The molecule has 0 saturated heterocycles. The Balaban J connectivity index is 1.94. The Hall–Kier alpha value is -3.12. The molecule has 0 fully saturated rings. The van der Waals surface area contributed by atoms with Crippen LogP contribution in [0.25, 0.3) is 6.08 Å². The minimum absolute atomic E-state index is 0.139. The molecule has 2 aromatic rings. The van der Waals surface area contributed by atoms with Crippen molar-refractivity contribution in [2.45, 2.75) is 41.2 Å². The highest BCUT2D eigenvalue weighted by Gasteiger charge is 2.33. The van der Waals surface area contributed by atoms with Crippen LogP contribution in [0.5, 0.6) is 11.5 Å². The maximum Gasteiger partial charge on any atom is 0.337 e. The lowest BCUT2D eigenvalue weighted by molar-refractivity contribution is 0.0600. The van der Waals surface area contributed by atoms with Gasteiger partial charge in [0.15, 0.2) is 5.76 Å². The molecule has 33 heavy (non-hydrogen) atoms. The van der Waals surface area contributed by atoms with Crippen LogP contribution < -0.4 is 4.74 Å². The first-order valence-corrected chi connectivity index (χ1v) is 11.3. The Morgan fingerprint density at radius 2 is 1.73 bits per heavy atom. The number of carbonyl (C=O) groups excluding carboxylic acids is 2. The van der Waals surface area contributed by atoms with E-state index in [9.17, 15) is 14.7 Å². The number of ketones is 1. The second-order valence-corrected chi connectivity index (χ2v) is 9.43. The van der Waals surface area contributed by atoms with Gasteiger partial charge in [-0.25, -0.2) is 4.79 Å². The number of benzene rings is 2. The smallest absolute Gasteiger partial charge is 0.337 e. The summed E-state index contributed by atoms with van der Waals surface area (Å²) in [6.45, 7) is 12.7. The highest BCUT2D eigenvalue weighted by atomic mass is 16.5. The molecule has 0 aromatic heterocycles. The Bertz CT molecular complexity index is 1060. The average molecular weight is 452 g/mol. The summed E-state index contributed by atoms with van der Waals surface area (Å²) in [6.07, 6.45) is 1.66. The van der Waals surface area contributed by atoms with Gasteiger partial charge in [0.1, 0.15) is 11.5 Å². The highest BCUT2D eigenvalue weighted by molar-refractivity contribution is 6.15. The van der Waals surface area contributed by atoms with Crippen molar-refractivity contribution >= 4 is 17.8 Å². The van der Waals surface area contributed by atoms with Gasteiger partial charge in [0.2, 0.25) is 5.78 Å². The summed E-state index contributed by atoms with van der Waals surface area (Å²) >= 11 is 0. The van der Waals surface area contributed by atoms with E-state index in [0.29, 0.717) is 46.4 Å². The van der Waals surface area contributed by atoms with E-state index in [2.05, 4.69) is 32.6 Å². The van der Waals surface area contributed by atoms with Gasteiger partial charge < -0.3 is 14.6 Å². The minimum Gasteiger partial charge on any atom is -0.507 e. The number of aryl methyl sites for hydroxylation is 1. The van der Waals surface area contributed by atoms with Gasteiger partial charge in [0.25, 0.3) is 0 Å². The minimum atomic E-state index is -0.419. The van der Waals surface area contributed by atoms with Gasteiger partial charge in [-0.1, -0.05) is 39.8 Å². The molecule has 1 N–H and O–H groups in total. The maximum atomic E-state index is 13.2. The summed E-state index contributed by atoms with van der Waals surface area (Å²) in [5.74, 6) is 1.08. The van der Waals surface area contributed by atoms with E-state index in [1.54, 1.807) is 43.3 Å². The summed E-state index contributed by atoms with van der Waals surface area (Å²) in [5, 5.41) is 10.8. The second kappa shape index (κ2) is 10.2. The van der Waals surface area contributed by atoms with E-state index >= 15 is 0 Å². The molecule has 3 rings (SSSR count). The molecule has 0 spiro atoms. The van der Waals surface area contributed by atoms with Gasteiger partial charge in [-0.3, -0.25) is 9.69 Å². The third kappa shape index (κ3) is 5.63. The van der Waals surface area contributed by atoms with Crippen LogP contribution in [0.3, 0.4) is 0 Å². The number of Topliss-reactive ketones (excluding diaryl/α,β-unsaturated/α-hetero) is 1. The van der Waals surface area contributed by atoms with Crippen LogP contribution in [0.4, 0.5) is 0 Å². The van der Waals surface area contributed by atoms with Gasteiger partial charge in [-0.05, 0) is 54.2 Å². The number of phenolic OH excluding ortho intramolecular Hbond substituents is 1. The van der Waals surface area contributed by atoms with Crippen molar-refractivity contribution in [3.63, 3.8) is 0 Å². The number of hydrogen-bond acceptors (Lipinski definition) is 6. The molecule has 1 aliphatic heterocycles. The van der Waals surface area contributed by atoms with Crippen LogP contribution in [0.15, 0.2) is 36.1 Å². The molecule has 0 unspecified atom stereocenters. The quantitative estimate of drug-likeness (QED) is 0.438. The fourth-order valence-electron chi connectivity index (χ4n) is 4.18. The molecule has 6 heteroatoms. The molecule has 0 bridgehead atoms. The van der Waals surface area contributed by atoms with Crippen LogP contribution in [0, 0.1) is 18.8 Å². The molecule has 0 saturated carbocycles. The van der Waals surface area contributed by atoms with Crippen molar-refractivity contribution in [1.29, 1.82) is 0 Å². The second-order valence-electron chi connectivity index (χ2n) is 9.43. The first-order chi connectivity index (χ1) is 15.6. The van der Waals surface area contributed by atoms with E-state index < -0.39 is 5.97 Å². The Morgan fingerprint density at radius 3 is 2.27 bits per heavy atom. The normalized spacial score (nSPS) is 14.3. The summed E-state index contributed by atoms with van der Waals surface area (Å²) in [4.78, 5) is 27.1. The zero-order valence-electron chi connectivity index (χ0n) is 20.3. The average Bonchev–Trinajstić information content (AvgIpc) is 3.06. The molecule has 2 aromatic carbocycles. The predicted molar refractivity (Wildman–Crippen MR) is 129 cm³/mol. The highest BCUT2D eigenvalue weighted by Crippen LogP contribution is 2.42. The molecule has 0 atom stereocenters. The lowest BCUT2D eigenvalue weighted by atomic mass is 9.98. The number of nitrogens with zero attached hydrogens (tertiary/aromatic N) is 1. The van der Waals surface area contributed by atoms with Crippen molar-refractivity contribution in [2.24, 2.45) is 11.8 Å².